The van der Waals surface area contributed by atoms with E-state index >= 15 is 0 Å². The van der Waals surface area contributed by atoms with Gasteiger partial charge in [0.05, 0.1) is 7.11 Å². The number of halogens is 1. The maximum atomic E-state index is 10.8. The Morgan fingerprint density at radius 1 is 1.32 bits per heavy atom. The van der Waals surface area contributed by atoms with E-state index in [1.54, 1.807) is 13.3 Å². The Balaban J connectivity index is 2.02. The molecule has 2 aliphatic rings. The van der Waals surface area contributed by atoms with Gasteiger partial charge < -0.3 is 9.84 Å². The highest BCUT2D eigenvalue weighted by Gasteiger charge is 2.20. The molecule has 2 unspecified atom stereocenters. The van der Waals surface area contributed by atoms with Crippen molar-refractivity contribution < 1.29 is 9.84 Å². The molecular weight excluding hydrogens is 372 g/mol. The summed E-state index contributed by atoms with van der Waals surface area (Å²) in [5.74, 6) is 1.37. The number of nitrogens with one attached hydrogen (secondary N) is 1. The number of aliphatic hydroxyl groups excluding tert-OH is 1. The second kappa shape index (κ2) is 9.55. The average molecular weight is 401 g/mol. The van der Waals surface area contributed by atoms with Crippen LogP contribution < -0.4 is 5.32 Å². The van der Waals surface area contributed by atoms with Gasteiger partial charge in [-0.15, -0.1) is 0 Å². The minimum Gasteiger partial charge on any atom is -0.497 e. The van der Waals surface area contributed by atoms with Gasteiger partial charge in [-0.05, 0) is 56.2 Å². The summed E-state index contributed by atoms with van der Waals surface area (Å²) in [6.45, 7) is 4.95. The number of hydrogen-bond acceptors (Lipinski definition) is 4. The first-order valence-electron chi connectivity index (χ1n) is 9.85. The number of rotatable bonds is 1. The SMILES string of the molecule is COC1=CCC(C)C(C)=CC2=C1CNC(O)c1ccnc(Cl)c1CC=CCC2. The van der Waals surface area contributed by atoms with Gasteiger partial charge in [-0.3, -0.25) is 5.32 Å². The van der Waals surface area contributed by atoms with Crippen molar-refractivity contribution in [1.82, 2.24) is 10.3 Å². The van der Waals surface area contributed by atoms with Gasteiger partial charge in [-0.2, -0.15) is 0 Å². The lowest BCUT2D eigenvalue weighted by Gasteiger charge is -2.24. The molecule has 0 radical (unpaired) electrons. The first-order chi connectivity index (χ1) is 13.5. The number of aliphatic hydroxyl groups is 1. The summed E-state index contributed by atoms with van der Waals surface area (Å²) in [5, 5.41) is 14.5. The third-order valence-electron chi connectivity index (χ3n) is 5.62. The summed E-state index contributed by atoms with van der Waals surface area (Å²) in [4.78, 5) is 4.17. The Hall–Kier alpha value is -1.88. The summed E-state index contributed by atoms with van der Waals surface area (Å²) in [5.41, 5.74) is 5.36. The predicted molar refractivity (Wildman–Crippen MR) is 114 cm³/mol. The van der Waals surface area contributed by atoms with Crippen LogP contribution in [0, 0.1) is 5.92 Å². The average Bonchev–Trinajstić information content (AvgIpc) is 2.68. The van der Waals surface area contributed by atoms with E-state index < -0.39 is 6.23 Å². The second-order valence-electron chi connectivity index (χ2n) is 7.47. The molecule has 1 aliphatic heterocycles. The minimum atomic E-state index is -0.829. The summed E-state index contributed by atoms with van der Waals surface area (Å²) in [7, 11) is 1.71. The molecule has 1 aromatic rings. The van der Waals surface area contributed by atoms with Gasteiger partial charge in [0.25, 0.3) is 0 Å². The lowest BCUT2D eigenvalue weighted by molar-refractivity contribution is 0.141. The van der Waals surface area contributed by atoms with Gasteiger partial charge in [0.1, 0.15) is 17.1 Å². The van der Waals surface area contributed by atoms with Crippen LogP contribution >= 0.6 is 11.6 Å². The van der Waals surface area contributed by atoms with E-state index in [-0.39, 0.29) is 0 Å². The predicted octanol–water partition coefficient (Wildman–Crippen LogP) is 5.02. The number of nitrogens with zero attached hydrogens (tertiary/aromatic N) is 1. The van der Waals surface area contributed by atoms with Crippen molar-refractivity contribution in [3.63, 3.8) is 0 Å². The normalized spacial score (nSPS) is 23.9. The van der Waals surface area contributed by atoms with Gasteiger partial charge in [0, 0.05) is 29.4 Å². The van der Waals surface area contributed by atoms with E-state index in [1.165, 1.54) is 11.1 Å². The van der Waals surface area contributed by atoms with E-state index in [0.29, 0.717) is 24.0 Å². The Morgan fingerprint density at radius 3 is 2.93 bits per heavy atom. The fourth-order valence-corrected chi connectivity index (χ4v) is 3.93. The summed E-state index contributed by atoms with van der Waals surface area (Å²) >= 11 is 6.30. The van der Waals surface area contributed by atoms with Crippen LogP contribution in [-0.2, 0) is 11.2 Å². The highest BCUT2D eigenvalue weighted by Crippen LogP contribution is 2.30. The molecule has 2 atom stereocenters. The molecule has 28 heavy (non-hydrogen) atoms. The monoisotopic (exact) mass is 400 g/mol. The van der Waals surface area contributed by atoms with Crippen LogP contribution in [0.5, 0.6) is 0 Å². The van der Waals surface area contributed by atoms with E-state index in [9.17, 15) is 5.11 Å². The van der Waals surface area contributed by atoms with Gasteiger partial charge in [-0.1, -0.05) is 42.3 Å². The van der Waals surface area contributed by atoms with Gasteiger partial charge in [-0.25, -0.2) is 4.98 Å². The Kier molecular flexibility index (Phi) is 7.11. The van der Waals surface area contributed by atoms with Crippen LogP contribution in [0.4, 0.5) is 0 Å². The molecule has 0 amide bonds. The molecule has 0 spiro atoms. The van der Waals surface area contributed by atoms with Crippen molar-refractivity contribution >= 4 is 11.6 Å². The van der Waals surface area contributed by atoms with Crippen LogP contribution in [-0.4, -0.2) is 23.7 Å². The summed E-state index contributed by atoms with van der Waals surface area (Å²) in [6, 6.07) is 1.82. The van der Waals surface area contributed by atoms with Gasteiger partial charge in [0.15, 0.2) is 0 Å². The molecule has 0 bridgehead atoms. The molecule has 1 aromatic heterocycles. The Labute approximate surface area is 172 Å². The molecule has 0 aromatic carbocycles. The van der Waals surface area contributed by atoms with Crippen LogP contribution in [0.2, 0.25) is 5.15 Å². The highest BCUT2D eigenvalue weighted by atomic mass is 35.5. The lowest BCUT2D eigenvalue weighted by atomic mass is 9.89. The lowest BCUT2D eigenvalue weighted by Crippen LogP contribution is -2.26. The molecule has 4 nitrogen and oxygen atoms in total. The molecule has 150 valence electrons. The van der Waals surface area contributed by atoms with Gasteiger partial charge >= 0.3 is 0 Å². The first kappa shape index (κ1) is 20.8. The molecule has 1 aliphatic carbocycles. The smallest absolute Gasteiger partial charge is 0.132 e. The molecule has 2 N–H and O–H groups in total. The maximum absolute atomic E-state index is 10.8. The number of fused-ring (bicyclic) bond motifs is 1. The molecule has 0 saturated heterocycles. The maximum Gasteiger partial charge on any atom is 0.132 e. The van der Waals surface area contributed by atoms with Crippen molar-refractivity contribution in [2.24, 2.45) is 5.92 Å². The molecule has 2 heterocycles. The van der Waals surface area contributed by atoms with Crippen LogP contribution in [0.1, 0.15) is 50.5 Å². The van der Waals surface area contributed by atoms with Crippen LogP contribution in [0.15, 0.2) is 59.0 Å². The number of pyridine rings is 1. The standard InChI is InChI=1S/C23H29ClN2O2/c1-15-9-10-21(28-3)20-14-26-23(27)19-11-12-25-22(24)18(19)8-6-4-5-7-17(20)13-16(15)2/h4,6,10-13,15,23,26-27H,5,7-9,14H2,1-3H3. The third-order valence-corrected chi connectivity index (χ3v) is 5.94. The van der Waals surface area contributed by atoms with E-state index in [2.05, 4.69) is 48.5 Å². The fraction of sp³-hybridized carbons (Fsp3) is 0.435. The van der Waals surface area contributed by atoms with Gasteiger partial charge in [0.2, 0.25) is 0 Å². The molecular formula is C23H29ClN2O2. The van der Waals surface area contributed by atoms with E-state index in [1.807, 2.05) is 6.07 Å². The van der Waals surface area contributed by atoms with Crippen LogP contribution in [0.3, 0.4) is 0 Å². The first-order valence-corrected chi connectivity index (χ1v) is 10.2. The summed E-state index contributed by atoms with van der Waals surface area (Å²) < 4.78 is 5.73. The zero-order valence-corrected chi connectivity index (χ0v) is 17.6. The van der Waals surface area contributed by atoms with E-state index in [0.717, 1.165) is 41.7 Å². The number of hydrogen-bond donors (Lipinski definition) is 2. The molecule has 3 rings (SSSR count). The van der Waals surface area contributed by atoms with Crippen molar-refractivity contribution in [2.75, 3.05) is 13.7 Å². The zero-order valence-electron chi connectivity index (χ0n) is 16.8. The summed E-state index contributed by atoms with van der Waals surface area (Å²) in [6.07, 6.45) is 13.0. The van der Waals surface area contributed by atoms with E-state index in [4.69, 9.17) is 16.3 Å². The molecule has 5 heteroatoms. The molecule has 0 fully saturated rings. The second-order valence-corrected chi connectivity index (χ2v) is 7.83. The Morgan fingerprint density at radius 2 is 2.14 bits per heavy atom. The van der Waals surface area contributed by atoms with Crippen LogP contribution in [0.25, 0.3) is 0 Å². The highest BCUT2D eigenvalue weighted by molar-refractivity contribution is 6.30. The third kappa shape index (κ3) is 4.75. The van der Waals surface area contributed by atoms with Crippen molar-refractivity contribution in [3.05, 3.63) is 75.3 Å². The number of methoxy groups -OCH3 is 1. The molecule has 0 saturated carbocycles. The van der Waals surface area contributed by atoms with Crippen molar-refractivity contribution in [1.29, 1.82) is 0 Å². The zero-order chi connectivity index (χ0) is 20.1. The Bertz CT molecular complexity index is 839. The van der Waals surface area contributed by atoms with Crippen molar-refractivity contribution in [3.8, 4) is 0 Å². The quantitative estimate of drug-likeness (QED) is 0.513. The topological polar surface area (TPSA) is 54.4 Å². The fourth-order valence-electron chi connectivity index (χ4n) is 3.69. The number of ether oxygens (including phenoxy) is 1. The largest absolute Gasteiger partial charge is 0.497 e. The minimum absolute atomic E-state index is 0.441. The number of allylic oxidation sites excluding steroid dienone is 6. The number of aromatic nitrogens is 1. The van der Waals surface area contributed by atoms with Crippen molar-refractivity contribution in [2.45, 2.75) is 45.8 Å².